The van der Waals surface area contributed by atoms with E-state index < -0.39 is 0 Å². The van der Waals surface area contributed by atoms with Gasteiger partial charge in [0.1, 0.15) is 5.75 Å². The van der Waals surface area contributed by atoms with Gasteiger partial charge in [0.05, 0.1) is 17.6 Å². The number of hydrogen-bond acceptors (Lipinski definition) is 3. The standard InChI is InChI=1S/C17H17N3O/c18-10-9-17-16(13-5-4-8-15(21)11-13)12-19-20(17)14-6-2-1-3-7-14/h1-8,11-12,21H,9-10,18H2. The minimum Gasteiger partial charge on any atom is -0.508 e. The number of phenolic OH excluding ortho intramolecular Hbond substituents is 1. The molecule has 4 nitrogen and oxygen atoms in total. The number of hydrogen-bond donors (Lipinski definition) is 2. The molecule has 0 atom stereocenters. The lowest BCUT2D eigenvalue weighted by molar-refractivity contribution is 0.475. The van der Waals surface area contributed by atoms with Crippen molar-refractivity contribution < 1.29 is 5.11 Å². The molecule has 0 saturated carbocycles. The quantitative estimate of drug-likeness (QED) is 0.772. The second-order valence-corrected chi connectivity index (χ2v) is 4.84. The molecular weight excluding hydrogens is 262 g/mol. The van der Waals surface area contributed by atoms with Gasteiger partial charge in [-0.15, -0.1) is 0 Å². The van der Waals surface area contributed by atoms with Crippen molar-refractivity contribution in [3.8, 4) is 22.6 Å². The molecule has 0 saturated heterocycles. The van der Waals surface area contributed by atoms with Gasteiger partial charge in [0.25, 0.3) is 0 Å². The van der Waals surface area contributed by atoms with E-state index in [-0.39, 0.29) is 5.75 Å². The van der Waals surface area contributed by atoms with Gasteiger partial charge in [-0.25, -0.2) is 4.68 Å². The van der Waals surface area contributed by atoms with E-state index in [0.717, 1.165) is 28.9 Å². The molecule has 0 bridgehead atoms. The zero-order chi connectivity index (χ0) is 14.7. The van der Waals surface area contributed by atoms with Gasteiger partial charge >= 0.3 is 0 Å². The summed E-state index contributed by atoms with van der Waals surface area (Å²) in [5.74, 6) is 0.249. The van der Waals surface area contributed by atoms with Crippen molar-refractivity contribution in [1.29, 1.82) is 0 Å². The maximum Gasteiger partial charge on any atom is 0.116 e. The third-order valence-electron chi connectivity index (χ3n) is 3.41. The number of benzene rings is 2. The van der Waals surface area contributed by atoms with Gasteiger partial charge in [-0.2, -0.15) is 5.10 Å². The summed E-state index contributed by atoms with van der Waals surface area (Å²) in [7, 11) is 0. The van der Waals surface area contributed by atoms with Crippen LogP contribution in [0.3, 0.4) is 0 Å². The van der Waals surface area contributed by atoms with Gasteiger partial charge in [-0.05, 0) is 36.4 Å². The van der Waals surface area contributed by atoms with Crippen LogP contribution >= 0.6 is 0 Å². The van der Waals surface area contributed by atoms with Crippen LogP contribution in [0.2, 0.25) is 0 Å². The molecular formula is C17H17N3O. The SMILES string of the molecule is NCCc1c(-c2cccc(O)c2)cnn1-c1ccccc1. The van der Waals surface area contributed by atoms with Crippen LogP contribution in [0.15, 0.2) is 60.8 Å². The predicted molar refractivity (Wildman–Crippen MR) is 83.4 cm³/mol. The molecule has 0 amide bonds. The van der Waals surface area contributed by atoms with E-state index in [4.69, 9.17) is 5.73 Å². The Morgan fingerprint density at radius 1 is 1.05 bits per heavy atom. The van der Waals surface area contributed by atoms with E-state index in [9.17, 15) is 5.11 Å². The van der Waals surface area contributed by atoms with Gasteiger partial charge in [-0.1, -0.05) is 30.3 Å². The molecule has 1 heterocycles. The molecule has 0 radical (unpaired) electrons. The maximum absolute atomic E-state index is 9.67. The third kappa shape index (κ3) is 2.66. The number of nitrogens with zero attached hydrogens (tertiary/aromatic N) is 2. The molecule has 4 heteroatoms. The van der Waals surface area contributed by atoms with Crippen molar-refractivity contribution >= 4 is 0 Å². The molecule has 0 aliphatic carbocycles. The lowest BCUT2D eigenvalue weighted by atomic mass is 10.0. The molecule has 2 aromatic carbocycles. The fraction of sp³-hybridized carbons (Fsp3) is 0.118. The van der Waals surface area contributed by atoms with Crippen molar-refractivity contribution in [2.45, 2.75) is 6.42 Å². The Kier molecular flexibility index (Phi) is 3.71. The van der Waals surface area contributed by atoms with E-state index in [0.29, 0.717) is 6.54 Å². The van der Waals surface area contributed by atoms with E-state index in [1.807, 2.05) is 53.3 Å². The maximum atomic E-state index is 9.67. The molecule has 0 aliphatic heterocycles. The summed E-state index contributed by atoms with van der Waals surface area (Å²) in [5, 5.41) is 14.2. The monoisotopic (exact) mass is 279 g/mol. The van der Waals surface area contributed by atoms with E-state index in [1.165, 1.54) is 0 Å². The van der Waals surface area contributed by atoms with Crippen LogP contribution in [0.5, 0.6) is 5.75 Å². The Hall–Kier alpha value is -2.59. The topological polar surface area (TPSA) is 64.1 Å². The Morgan fingerprint density at radius 3 is 2.57 bits per heavy atom. The Labute approximate surface area is 123 Å². The number of aromatic nitrogens is 2. The third-order valence-corrected chi connectivity index (χ3v) is 3.41. The number of nitrogens with two attached hydrogens (primary N) is 1. The van der Waals surface area contributed by atoms with Crippen molar-refractivity contribution in [2.75, 3.05) is 6.54 Å². The molecule has 3 rings (SSSR count). The average molecular weight is 279 g/mol. The van der Waals surface area contributed by atoms with Gasteiger partial charge in [0.2, 0.25) is 0 Å². The van der Waals surface area contributed by atoms with E-state index >= 15 is 0 Å². The number of aromatic hydroxyl groups is 1. The Balaban J connectivity index is 2.12. The lowest BCUT2D eigenvalue weighted by Crippen LogP contribution is -2.09. The van der Waals surface area contributed by atoms with Gasteiger partial charge in [-0.3, -0.25) is 0 Å². The highest BCUT2D eigenvalue weighted by Gasteiger charge is 2.13. The summed E-state index contributed by atoms with van der Waals surface area (Å²) in [5.41, 5.74) is 9.76. The fourth-order valence-corrected chi connectivity index (χ4v) is 2.46. The summed E-state index contributed by atoms with van der Waals surface area (Å²) >= 11 is 0. The molecule has 0 fully saturated rings. The number of phenols is 1. The van der Waals surface area contributed by atoms with E-state index in [2.05, 4.69) is 5.10 Å². The largest absolute Gasteiger partial charge is 0.508 e. The first kappa shape index (κ1) is 13.4. The highest BCUT2D eigenvalue weighted by atomic mass is 16.3. The first-order valence-corrected chi connectivity index (χ1v) is 6.91. The molecule has 3 N–H and O–H groups in total. The molecule has 106 valence electrons. The number of rotatable bonds is 4. The summed E-state index contributed by atoms with van der Waals surface area (Å²) in [6.07, 6.45) is 2.55. The van der Waals surface area contributed by atoms with Crippen LogP contribution in [0.25, 0.3) is 16.8 Å². The van der Waals surface area contributed by atoms with Crippen molar-refractivity contribution in [1.82, 2.24) is 9.78 Å². The van der Waals surface area contributed by atoms with Gasteiger partial charge in [0, 0.05) is 12.0 Å². The minimum atomic E-state index is 0.249. The van der Waals surface area contributed by atoms with Crippen LogP contribution in [0.4, 0.5) is 0 Å². The van der Waals surface area contributed by atoms with Crippen LogP contribution in [-0.4, -0.2) is 21.4 Å². The van der Waals surface area contributed by atoms with E-state index in [1.54, 1.807) is 12.1 Å². The van der Waals surface area contributed by atoms with Gasteiger partial charge in [0.15, 0.2) is 0 Å². The summed E-state index contributed by atoms with van der Waals surface area (Å²) < 4.78 is 1.91. The first-order valence-electron chi connectivity index (χ1n) is 6.91. The fourth-order valence-electron chi connectivity index (χ4n) is 2.46. The van der Waals surface area contributed by atoms with Gasteiger partial charge < -0.3 is 10.8 Å². The number of para-hydroxylation sites is 1. The highest BCUT2D eigenvalue weighted by Crippen LogP contribution is 2.28. The average Bonchev–Trinajstić information content (AvgIpc) is 2.92. The lowest BCUT2D eigenvalue weighted by Gasteiger charge is -2.09. The van der Waals surface area contributed by atoms with Crippen LogP contribution < -0.4 is 5.73 Å². The molecule has 21 heavy (non-hydrogen) atoms. The van der Waals surface area contributed by atoms with Crippen molar-refractivity contribution in [3.05, 3.63) is 66.5 Å². The zero-order valence-corrected chi connectivity index (χ0v) is 11.6. The smallest absolute Gasteiger partial charge is 0.116 e. The predicted octanol–water partition coefficient (Wildman–Crippen LogP) is 2.75. The summed E-state index contributed by atoms with van der Waals surface area (Å²) in [6.45, 7) is 0.546. The second-order valence-electron chi connectivity index (χ2n) is 4.84. The Bertz CT molecular complexity index is 735. The molecule has 1 aromatic heterocycles. The minimum absolute atomic E-state index is 0.249. The first-order chi connectivity index (χ1) is 10.3. The normalized spacial score (nSPS) is 10.7. The summed E-state index contributed by atoms with van der Waals surface area (Å²) in [4.78, 5) is 0. The second kappa shape index (κ2) is 5.81. The highest BCUT2D eigenvalue weighted by molar-refractivity contribution is 5.67. The molecule has 3 aromatic rings. The Morgan fingerprint density at radius 2 is 1.86 bits per heavy atom. The molecule has 0 spiro atoms. The van der Waals surface area contributed by atoms with Crippen LogP contribution in [-0.2, 0) is 6.42 Å². The molecule has 0 aliphatic rings. The van der Waals surface area contributed by atoms with Crippen LogP contribution in [0.1, 0.15) is 5.69 Å². The zero-order valence-electron chi connectivity index (χ0n) is 11.6. The summed E-state index contributed by atoms with van der Waals surface area (Å²) in [6, 6.07) is 17.2. The van der Waals surface area contributed by atoms with Crippen molar-refractivity contribution in [3.63, 3.8) is 0 Å². The van der Waals surface area contributed by atoms with Crippen molar-refractivity contribution in [2.24, 2.45) is 5.73 Å². The van der Waals surface area contributed by atoms with Crippen LogP contribution in [0, 0.1) is 0 Å². The molecule has 0 unspecified atom stereocenters.